The van der Waals surface area contributed by atoms with Crippen LogP contribution in [0.15, 0.2) is 53.5 Å². The lowest BCUT2D eigenvalue weighted by molar-refractivity contribution is 0.0526. The highest BCUT2D eigenvalue weighted by Gasteiger charge is 2.05. The zero-order valence-corrected chi connectivity index (χ0v) is 15.1. The van der Waals surface area contributed by atoms with Gasteiger partial charge in [0.1, 0.15) is 11.6 Å². The Morgan fingerprint density at radius 1 is 1.08 bits per heavy atom. The van der Waals surface area contributed by atoms with Gasteiger partial charge in [0, 0.05) is 5.69 Å². The number of esters is 1. The van der Waals surface area contributed by atoms with Crippen LogP contribution in [-0.2, 0) is 4.74 Å². The summed E-state index contributed by atoms with van der Waals surface area (Å²) in [6, 6.07) is 14.7. The molecule has 0 amide bonds. The summed E-state index contributed by atoms with van der Waals surface area (Å²) in [5.74, 6) is 1.27. The van der Waals surface area contributed by atoms with Crippen LogP contribution in [0.5, 0.6) is 5.75 Å². The molecule has 0 aromatic heterocycles. The van der Waals surface area contributed by atoms with E-state index in [1.165, 1.54) is 0 Å². The maximum atomic E-state index is 11.6. The maximum Gasteiger partial charge on any atom is 0.338 e. The summed E-state index contributed by atoms with van der Waals surface area (Å²) in [5.41, 5.74) is 2.21. The Hall–Kier alpha value is -2.82. The van der Waals surface area contributed by atoms with Gasteiger partial charge in [-0.3, -0.25) is 0 Å². The van der Waals surface area contributed by atoms with Crippen molar-refractivity contribution in [2.24, 2.45) is 4.99 Å². The van der Waals surface area contributed by atoms with Crippen LogP contribution in [0.25, 0.3) is 0 Å². The number of ether oxygens (including phenoxy) is 2. The monoisotopic (exact) mass is 340 g/mol. The van der Waals surface area contributed by atoms with E-state index in [9.17, 15) is 4.79 Å². The molecule has 0 unspecified atom stereocenters. The molecule has 0 saturated heterocycles. The van der Waals surface area contributed by atoms with Crippen LogP contribution < -0.4 is 10.1 Å². The number of carbonyl (C=O) groups excluding carboxylic acids is 1. The van der Waals surface area contributed by atoms with Gasteiger partial charge in [-0.25, -0.2) is 9.79 Å². The molecule has 132 valence electrons. The first-order valence-corrected chi connectivity index (χ1v) is 8.34. The molecule has 5 heteroatoms. The van der Waals surface area contributed by atoms with E-state index >= 15 is 0 Å². The van der Waals surface area contributed by atoms with Crippen LogP contribution in [-0.4, -0.2) is 24.5 Å². The fourth-order valence-electron chi connectivity index (χ4n) is 2.21. The number of nitrogens with zero attached hydrogens (tertiary/aromatic N) is 1. The largest absolute Gasteiger partial charge is 0.491 e. The molecule has 0 saturated carbocycles. The Morgan fingerprint density at radius 2 is 1.72 bits per heavy atom. The number of amidine groups is 1. The average molecular weight is 340 g/mol. The van der Waals surface area contributed by atoms with Gasteiger partial charge in [-0.15, -0.1) is 0 Å². The van der Waals surface area contributed by atoms with Crippen LogP contribution in [0.4, 0.5) is 11.4 Å². The predicted molar refractivity (Wildman–Crippen MR) is 101 cm³/mol. The van der Waals surface area contributed by atoms with Gasteiger partial charge in [-0.2, -0.15) is 0 Å². The highest BCUT2D eigenvalue weighted by Crippen LogP contribution is 2.18. The Bertz CT molecular complexity index is 720. The summed E-state index contributed by atoms with van der Waals surface area (Å²) in [6.45, 7) is 8.03. The lowest BCUT2D eigenvalue weighted by atomic mass is 10.2. The molecule has 0 aliphatic carbocycles. The van der Waals surface area contributed by atoms with Crippen molar-refractivity contribution in [3.05, 3.63) is 54.1 Å². The first kappa shape index (κ1) is 18.5. The molecular weight excluding hydrogens is 316 g/mol. The van der Waals surface area contributed by atoms with Crippen molar-refractivity contribution in [2.75, 3.05) is 11.9 Å². The summed E-state index contributed by atoms with van der Waals surface area (Å²) >= 11 is 0. The number of nitrogens with one attached hydrogen (secondary N) is 1. The van der Waals surface area contributed by atoms with E-state index in [-0.39, 0.29) is 12.1 Å². The highest BCUT2D eigenvalue weighted by molar-refractivity contribution is 5.95. The highest BCUT2D eigenvalue weighted by atomic mass is 16.5. The molecule has 5 nitrogen and oxygen atoms in total. The topological polar surface area (TPSA) is 59.9 Å². The van der Waals surface area contributed by atoms with E-state index in [0.29, 0.717) is 12.2 Å². The zero-order chi connectivity index (χ0) is 18.2. The second kappa shape index (κ2) is 8.87. The third-order valence-electron chi connectivity index (χ3n) is 3.23. The van der Waals surface area contributed by atoms with Gasteiger partial charge in [0.15, 0.2) is 0 Å². The van der Waals surface area contributed by atoms with Gasteiger partial charge in [0.2, 0.25) is 0 Å². The molecule has 1 N–H and O–H groups in total. The number of anilines is 1. The van der Waals surface area contributed by atoms with Crippen molar-refractivity contribution in [2.45, 2.75) is 33.8 Å². The van der Waals surface area contributed by atoms with Gasteiger partial charge in [-0.1, -0.05) is 0 Å². The van der Waals surface area contributed by atoms with Gasteiger partial charge in [0.25, 0.3) is 0 Å². The van der Waals surface area contributed by atoms with Crippen molar-refractivity contribution >= 4 is 23.2 Å². The quantitative estimate of drug-likeness (QED) is 0.465. The summed E-state index contributed by atoms with van der Waals surface area (Å²) in [6.07, 6.45) is 0.152. The molecule has 25 heavy (non-hydrogen) atoms. The zero-order valence-electron chi connectivity index (χ0n) is 15.1. The lowest BCUT2D eigenvalue weighted by Gasteiger charge is -2.11. The average Bonchev–Trinajstić information content (AvgIpc) is 2.57. The van der Waals surface area contributed by atoms with Crippen molar-refractivity contribution in [1.82, 2.24) is 0 Å². The first-order chi connectivity index (χ1) is 12.0. The van der Waals surface area contributed by atoms with Crippen molar-refractivity contribution in [1.29, 1.82) is 0 Å². The predicted octanol–water partition coefficient (Wildman–Crippen LogP) is 4.81. The third-order valence-corrected chi connectivity index (χ3v) is 3.23. The number of benzene rings is 2. The molecule has 0 fully saturated rings. The SMILES string of the molecule is CCOC(=O)c1ccc(N=C(C)Nc2ccc(OC(C)C)cc2)cc1. The molecule has 2 aromatic rings. The summed E-state index contributed by atoms with van der Waals surface area (Å²) in [5, 5.41) is 3.23. The Balaban J connectivity index is 2.00. The van der Waals surface area contributed by atoms with Gasteiger partial charge in [-0.05, 0) is 76.2 Å². The molecule has 2 aromatic carbocycles. The molecule has 0 spiro atoms. The summed E-state index contributed by atoms with van der Waals surface area (Å²) in [4.78, 5) is 16.1. The Labute approximate surface area is 148 Å². The Morgan fingerprint density at radius 3 is 2.28 bits per heavy atom. The van der Waals surface area contributed by atoms with Crippen LogP contribution in [0.2, 0.25) is 0 Å². The molecule has 0 bridgehead atoms. The smallest absolute Gasteiger partial charge is 0.338 e. The van der Waals surface area contributed by atoms with Crippen LogP contribution in [0, 0.1) is 0 Å². The van der Waals surface area contributed by atoms with Crippen molar-refractivity contribution in [3.8, 4) is 5.75 Å². The molecule has 0 heterocycles. The molecule has 0 atom stereocenters. The minimum atomic E-state index is -0.323. The normalized spacial score (nSPS) is 11.3. The number of hydrogen-bond acceptors (Lipinski definition) is 4. The lowest BCUT2D eigenvalue weighted by Crippen LogP contribution is -2.08. The van der Waals surface area contributed by atoms with E-state index in [1.54, 1.807) is 31.2 Å². The fourth-order valence-corrected chi connectivity index (χ4v) is 2.21. The number of aliphatic imine (C=N–C) groups is 1. The second-order valence-corrected chi connectivity index (χ2v) is 5.78. The number of carbonyl (C=O) groups is 1. The molecule has 2 rings (SSSR count). The Kier molecular flexibility index (Phi) is 6.57. The van der Waals surface area contributed by atoms with Crippen LogP contribution in [0.1, 0.15) is 38.1 Å². The van der Waals surface area contributed by atoms with Gasteiger partial charge < -0.3 is 14.8 Å². The molecule has 0 aliphatic heterocycles. The standard InChI is InChI=1S/C20H24N2O3/c1-5-24-20(23)16-6-8-17(9-7-16)21-15(4)22-18-10-12-19(13-11-18)25-14(2)3/h6-14H,5H2,1-4H3,(H,21,22). The number of hydrogen-bond donors (Lipinski definition) is 1. The van der Waals surface area contributed by atoms with Gasteiger partial charge >= 0.3 is 5.97 Å². The minimum absolute atomic E-state index is 0.152. The van der Waals surface area contributed by atoms with Crippen LogP contribution in [0.3, 0.4) is 0 Å². The number of rotatable bonds is 6. The third kappa shape index (κ3) is 5.95. The van der Waals surface area contributed by atoms with E-state index in [2.05, 4.69) is 10.3 Å². The van der Waals surface area contributed by atoms with E-state index < -0.39 is 0 Å². The molecular formula is C20H24N2O3. The second-order valence-electron chi connectivity index (χ2n) is 5.78. The maximum absolute atomic E-state index is 11.6. The minimum Gasteiger partial charge on any atom is -0.491 e. The van der Waals surface area contributed by atoms with E-state index in [1.807, 2.05) is 45.0 Å². The summed E-state index contributed by atoms with van der Waals surface area (Å²) in [7, 11) is 0. The van der Waals surface area contributed by atoms with E-state index in [0.717, 1.165) is 23.0 Å². The van der Waals surface area contributed by atoms with Crippen molar-refractivity contribution < 1.29 is 14.3 Å². The first-order valence-electron chi connectivity index (χ1n) is 8.34. The summed E-state index contributed by atoms with van der Waals surface area (Å²) < 4.78 is 10.6. The van der Waals surface area contributed by atoms with E-state index in [4.69, 9.17) is 9.47 Å². The van der Waals surface area contributed by atoms with Crippen molar-refractivity contribution in [3.63, 3.8) is 0 Å². The molecule has 0 aliphatic rings. The van der Waals surface area contributed by atoms with Crippen LogP contribution >= 0.6 is 0 Å². The molecule has 0 radical (unpaired) electrons. The fraction of sp³-hybridized carbons (Fsp3) is 0.300. The van der Waals surface area contributed by atoms with Gasteiger partial charge in [0.05, 0.1) is 24.0 Å².